The van der Waals surface area contributed by atoms with Crippen LogP contribution in [0.5, 0.6) is 0 Å². The average molecular weight is 303 g/mol. The van der Waals surface area contributed by atoms with Gasteiger partial charge in [0, 0.05) is 18.4 Å². The van der Waals surface area contributed by atoms with Crippen LogP contribution in [0.2, 0.25) is 0 Å². The van der Waals surface area contributed by atoms with Crippen LogP contribution < -0.4 is 0 Å². The fraction of sp³-hybridized carbons (Fsp3) is 0.500. The second-order valence-electron chi connectivity index (χ2n) is 6.53. The van der Waals surface area contributed by atoms with Crippen molar-refractivity contribution in [2.75, 3.05) is 0 Å². The SMILES string of the molecule is CC(C1Cc2cccc3c2C(CCC3)C1)n1ccnc1.Cl. The van der Waals surface area contributed by atoms with E-state index in [4.69, 9.17) is 0 Å². The van der Waals surface area contributed by atoms with Crippen molar-refractivity contribution >= 4 is 12.4 Å². The highest BCUT2D eigenvalue weighted by molar-refractivity contribution is 5.85. The Kier molecular flexibility index (Phi) is 4.08. The monoisotopic (exact) mass is 302 g/mol. The lowest BCUT2D eigenvalue weighted by atomic mass is 9.68. The second-order valence-corrected chi connectivity index (χ2v) is 6.53. The van der Waals surface area contributed by atoms with Gasteiger partial charge in [0.25, 0.3) is 0 Å². The van der Waals surface area contributed by atoms with Gasteiger partial charge in [-0.3, -0.25) is 0 Å². The third-order valence-corrected chi connectivity index (χ3v) is 5.44. The number of nitrogens with zero attached hydrogens (tertiary/aromatic N) is 2. The van der Waals surface area contributed by atoms with Crippen molar-refractivity contribution in [1.29, 1.82) is 0 Å². The Morgan fingerprint density at radius 2 is 2.14 bits per heavy atom. The van der Waals surface area contributed by atoms with Gasteiger partial charge in [0.05, 0.1) is 6.33 Å². The van der Waals surface area contributed by atoms with E-state index < -0.39 is 0 Å². The van der Waals surface area contributed by atoms with E-state index in [1.165, 1.54) is 32.1 Å². The van der Waals surface area contributed by atoms with Crippen molar-refractivity contribution in [3.63, 3.8) is 0 Å². The molecule has 2 aromatic rings. The molecule has 0 saturated heterocycles. The first-order valence-corrected chi connectivity index (χ1v) is 7.91. The molecule has 3 atom stereocenters. The zero-order valence-electron chi connectivity index (χ0n) is 12.5. The van der Waals surface area contributed by atoms with E-state index in [1.54, 1.807) is 16.7 Å². The Balaban J connectivity index is 0.00000132. The van der Waals surface area contributed by atoms with Crippen LogP contribution in [0.3, 0.4) is 0 Å². The van der Waals surface area contributed by atoms with Gasteiger partial charge in [0.1, 0.15) is 0 Å². The smallest absolute Gasteiger partial charge is 0.0948 e. The first-order chi connectivity index (χ1) is 9.83. The zero-order valence-corrected chi connectivity index (χ0v) is 13.4. The summed E-state index contributed by atoms with van der Waals surface area (Å²) in [6.07, 6.45) is 12.6. The van der Waals surface area contributed by atoms with E-state index in [9.17, 15) is 0 Å². The maximum Gasteiger partial charge on any atom is 0.0948 e. The van der Waals surface area contributed by atoms with E-state index in [1.807, 2.05) is 12.5 Å². The first-order valence-electron chi connectivity index (χ1n) is 7.91. The van der Waals surface area contributed by atoms with Crippen LogP contribution in [-0.2, 0) is 12.8 Å². The van der Waals surface area contributed by atoms with Crippen LogP contribution in [0.25, 0.3) is 0 Å². The minimum absolute atomic E-state index is 0. The van der Waals surface area contributed by atoms with Crippen LogP contribution >= 0.6 is 12.4 Å². The summed E-state index contributed by atoms with van der Waals surface area (Å²) in [6, 6.07) is 7.53. The van der Waals surface area contributed by atoms with Crippen molar-refractivity contribution in [2.24, 2.45) is 5.92 Å². The van der Waals surface area contributed by atoms with Crippen LogP contribution in [0.15, 0.2) is 36.9 Å². The average Bonchev–Trinajstić information content (AvgIpc) is 3.01. The fourth-order valence-electron chi connectivity index (χ4n) is 4.36. The molecular formula is C18H23ClN2. The molecule has 0 N–H and O–H groups in total. The Morgan fingerprint density at radius 1 is 1.29 bits per heavy atom. The molecule has 0 fully saturated rings. The van der Waals surface area contributed by atoms with Crippen molar-refractivity contribution in [3.8, 4) is 0 Å². The summed E-state index contributed by atoms with van der Waals surface area (Å²) in [5, 5.41) is 0. The van der Waals surface area contributed by atoms with Crippen molar-refractivity contribution in [3.05, 3.63) is 53.6 Å². The summed E-state index contributed by atoms with van der Waals surface area (Å²) >= 11 is 0. The molecule has 2 aliphatic rings. The summed E-state index contributed by atoms with van der Waals surface area (Å²) in [4.78, 5) is 4.21. The second kappa shape index (κ2) is 5.84. The molecule has 1 aromatic heterocycles. The zero-order chi connectivity index (χ0) is 13.5. The molecule has 2 aliphatic carbocycles. The number of benzene rings is 1. The molecule has 0 aliphatic heterocycles. The van der Waals surface area contributed by atoms with Gasteiger partial charge in [-0.1, -0.05) is 18.2 Å². The molecule has 112 valence electrons. The van der Waals surface area contributed by atoms with E-state index in [0.717, 1.165) is 11.8 Å². The predicted molar refractivity (Wildman–Crippen MR) is 88.1 cm³/mol. The Bertz CT molecular complexity index is 606. The standard InChI is InChI=1S/C18H22N2.ClH/c1-13(20-9-8-19-12-20)17-10-15-6-2-4-14-5-3-7-16(11-17)18(14)15;/h2,4,6,8-9,12-13,16-17H,3,5,7,10-11H2,1H3;1H. The van der Waals surface area contributed by atoms with Gasteiger partial charge in [-0.2, -0.15) is 0 Å². The lowest BCUT2D eigenvalue weighted by Crippen LogP contribution is -2.28. The van der Waals surface area contributed by atoms with Crippen LogP contribution in [0.4, 0.5) is 0 Å². The number of hydrogen-bond donors (Lipinski definition) is 0. The number of hydrogen-bond acceptors (Lipinski definition) is 1. The Hall–Kier alpha value is -1.28. The van der Waals surface area contributed by atoms with Crippen LogP contribution in [0, 0.1) is 5.92 Å². The van der Waals surface area contributed by atoms with Crippen LogP contribution in [-0.4, -0.2) is 9.55 Å². The molecule has 1 heterocycles. The van der Waals surface area contributed by atoms with Gasteiger partial charge in [-0.05, 0) is 67.6 Å². The van der Waals surface area contributed by atoms with E-state index in [-0.39, 0.29) is 12.4 Å². The number of imidazole rings is 1. The van der Waals surface area contributed by atoms with Gasteiger partial charge >= 0.3 is 0 Å². The fourth-order valence-corrected chi connectivity index (χ4v) is 4.36. The molecule has 0 radical (unpaired) electrons. The highest BCUT2D eigenvalue weighted by atomic mass is 35.5. The molecular weight excluding hydrogens is 280 g/mol. The molecule has 0 spiro atoms. The molecule has 0 bridgehead atoms. The van der Waals surface area contributed by atoms with Gasteiger partial charge in [0.2, 0.25) is 0 Å². The summed E-state index contributed by atoms with van der Waals surface area (Å²) in [5.74, 6) is 1.55. The Morgan fingerprint density at radius 3 is 2.95 bits per heavy atom. The van der Waals surface area contributed by atoms with Gasteiger partial charge in [-0.15, -0.1) is 12.4 Å². The molecule has 4 rings (SSSR count). The topological polar surface area (TPSA) is 17.8 Å². The summed E-state index contributed by atoms with van der Waals surface area (Å²) in [6.45, 7) is 2.35. The van der Waals surface area contributed by atoms with E-state index >= 15 is 0 Å². The molecule has 2 nitrogen and oxygen atoms in total. The highest BCUT2D eigenvalue weighted by Gasteiger charge is 2.33. The number of aryl methyl sites for hydroxylation is 1. The molecule has 3 unspecified atom stereocenters. The molecule has 0 amide bonds. The minimum atomic E-state index is 0. The first kappa shape index (κ1) is 14.6. The van der Waals surface area contributed by atoms with E-state index in [2.05, 4.69) is 40.9 Å². The summed E-state index contributed by atoms with van der Waals surface area (Å²) < 4.78 is 2.28. The largest absolute Gasteiger partial charge is 0.334 e. The number of aromatic nitrogens is 2. The van der Waals surface area contributed by atoms with E-state index in [0.29, 0.717) is 6.04 Å². The molecule has 1 aromatic carbocycles. The van der Waals surface area contributed by atoms with Crippen molar-refractivity contribution < 1.29 is 0 Å². The van der Waals surface area contributed by atoms with Crippen molar-refractivity contribution in [2.45, 2.75) is 51.0 Å². The van der Waals surface area contributed by atoms with Gasteiger partial charge in [0.15, 0.2) is 0 Å². The lowest BCUT2D eigenvalue weighted by molar-refractivity contribution is 0.279. The molecule has 0 saturated carbocycles. The maximum absolute atomic E-state index is 4.21. The quantitative estimate of drug-likeness (QED) is 0.796. The summed E-state index contributed by atoms with van der Waals surface area (Å²) in [7, 11) is 0. The number of rotatable bonds is 2. The highest BCUT2D eigenvalue weighted by Crippen LogP contribution is 2.45. The van der Waals surface area contributed by atoms with Crippen LogP contribution in [0.1, 0.15) is 54.8 Å². The predicted octanol–water partition coefficient (Wildman–Crippen LogP) is 4.55. The van der Waals surface area contributed by atoms with Gasteiger partial charge in [-0.25, -0.2) is 4.98 Å². The third-order valence-electron chi connectivity index (χ3n) is 5.44. The third kappa shape index (κ3) is 2.50. The van der Waals surface area contributed by atoms with Gasteiger partial charge < -0.3 is 4.57 Å². The normalized spacial score (nSPS) is 24.8. The number of halogens is 1. The Labute approximate surface area is 133 Å². The van der Waals surface area contributed by atoms with Crippen molar-refractivity contribution in [1.82, 2.24) is 9.55 Å². The lowest BCUT2D eigenvalue weighted by Gasteiger charge is -2.38. The molecule has 21 heavy (non-hydrogen) atoms. The molecule has 3 heteroatoms. The summed E-state index contributed by atoms with van der Waals surface area (Å²) in [5.41, 5.74) is 4.97. The maximum atomic E-state index is 4.21. The minimum Gasteiger partial charge on any atom is -0.334 e.